The highest BCUT2D eigenvalue weighted by Crippen LogP contribution is 2.45. The van der Waals surface area contributed by atoms with E-state index in [9.17, 15) is 8.42 Å². The lowest BCUT2D eigenvalue weighted by molar-refractivity contribution is -0.0248. The van der Waals surface area contributed by atoms with E-state index in [1.54, 1.807) is 19.2 Å². The van der Waals surface area contributed by atoms with Crippen LogP contribution in [0.5, 0.6) is 0 Å². The molecule has 1 aromatic heterocycles. The fourth-order valence-electron chi connectivity index (χ4n) is 3.54. The highest BCUT2D eigenvalue weighted by Gasteiger charge is 2.55. The summed E-state index contributed by atoms with van der Waals surface area (Å²) in [4.78, 5) is 4.36. The lowest BCUT2D eigenvalue weighted by Gasteiger charge is -2.39. The lowest BCUT2D eigenvalue weighted by atomic mass is 9.79. The van der Waals surface area contributed by atoms with Crippen molar-refractivity contribution in [2.75, 3.05) is 20.7 Å². The minimum atomic E-state index is -3.76. The molecule has 1 aromatic rings. The smallest absolute Gasteiger partial charge is 0.490 e. The Hall–Kier alpha value is -0.875. The Bertz CT molecular complexity index is 870. The van der Waals surface area contributed by atoms with Crippen LogP contribution in [0.15, 0.2) is 17.0 Å². The molecule has 0 saturated carbocycles. The number of imidazole rings is 1. The van der Waals surface area contributed by atoms with E-state index in [1.165, 1.54) is 18.1 Å². The van der Waals surface area contributed by atoms with Gasteiger partial charge in [-0.1, -0.05) is 0 Å². The van der Waals surface area contributed by atoms with Crippen molar-refractivity contribution in [3.05, 3.63) is 28.4 Å². The molecule has 0 spiro atoms. The van der Waals surface area contributed by atoms with Crippen LogP contribution in [0.25, 0.3) is 0 Å². The Kier molecular flexibility index (Phi) is 5.31. The van der Waals surface area contributed by atoms with Gasteiger partial charge in [0.1, 0.15) is 0 Å². The van der Waals surface area contributed by atoms with E-state index in [0.29, 0.717) is 24.4 Å². The standard InChI is InChI=1S/C16H25BBrN3O5S/c1-11-13(21(14(18)19-11)27(22,23)20(5)6)12-9-16(4)15(2,3)25-17(26-16)7-8-24-10-12/h7-8,12H,9-10H2,1-6H3/b8-7+. The van der Waals surface area contributed by atoms with Crippen molar-refractivity contribution in [1.29, 1.82) is 0 Å². The van der Waals surface area contributed by atoms with Crippen LogP contribution in [0.1, 0.15) is 44.5 Å². The number of aromatic nitrogens is 2. The zero-order valence-corrected chi connectivity index (χ0v) is 18.8. The molecule has 11 heteroatoms. The zero-order valence-electron chi connectivity index (χ0n) is 16.4. The predicted octanol–water partition coefficient (Wildman–Crippen LogP) is 2.24. The highest BCUT2D eigenvalue weighted by atomic mass is 79.9. The topological polar surface area (TPSA) is 82.9 Å². The maximum atomic E-state index is 12.9. The quantitative estimate of drug-likeness (QED) is 0.642. The van der Waals surface area contributed by atoms with Gasteiger partial charge in [-0.3, -0.25) is 0 Å². The van der Waals surface area contributed by atoms with Crippen LogP contribution in [0.4, 0.5) is 0 Å². The van der Waals surface area contributed by atoms with Gasteiger partial charge in [-0.05, 0) is 56.0 Å². The van der Waals surface area contributed by atoms with Crippen molar-refractivity contribution in [2.24, 2.45) is 0 Å². The summed E-state index contributed by atoms with van der Waals surface area (Å²) in [5.74, 6) is 1.46. The Balaban J connectivity index is 2.12. The Morgan fingerprint density at radius 1 is 1.33 bits per heavy atom. The van der Waals surface area contributed by atoms with E-state index < -0.39 is 28.5 Å². The van der Waals surface area contributed by atoms with Crippen LogP contribution in [-0.2, 0) is 24.3 Å². The predicted molar refractivity (Wildman–Crippen MR) is 106 cm³/mol. The normalized spacial score (nSPS) is 29.2. The number of rotatable bonds is 3. The second-order valence-electron chi connectivity index (χ2n) is 7.81. The van der Waals surface area contributed by atoms with Crippen molar-refractivity contribution < 1.29 is 22.5 Å². The molecule has 0 amide bonds. The molecule has 2 unspecified atom stereocenters. The maximum Gasteiger partial charge on any atom is 0.490 e. The maximum absolute atomic E-state index is 12.9. The minimum Gasteiger partial charge on any atom is -0.501 e. The number of ether oxygens (including phenoxy) is 1. The van der Waals surface area contributed by atoms with Crippen LogP contribution in [0.2, 0.25) is 0 Å². The van der Waals surface area contributed by atoms with Gasteiger partial charge < -0.3 is 14.0 Å². The van der Waals surface area contributed by atoms with Gasteiger partial charge in [-0.2, -0.15) is 12.7 Å². The van der Waals surface area contributed by atoms with Gasteiger partial charge in [-0.25, -0.2) is 8.96 Å². The summed E-state index contributed by atoms with van der Waals surface area (Å²) in [6.07, 6.45) is 2.07. The summed E-state index contributed by atoms with van der Waals surface area (Å²) < 4.78 is 46.3. The Morgan fingerprint density at radius 2 is 2.00 bits per heavy atom. The number of hydrogen-bond acceptors (Lipinski definition) is 6. The van der Waals surface area contributed by atoms with Crippen molar-refractivity contribution in [3.8, 4) is 0 Å². The summed E-state index contributed by atoms with van der Waals surface area (Å²) in [7, 11) is -1.27. The number of halogens is 1. The van der Waals surface area contributed by atoms with E-state index in [1.807, 2.05) is 20.8 Å². The van der Waals surface area contributed by atoms with Crippen molar-refractivity contribution >= 4 is 33.3 Å². The molecule has 27 heavy (non-hydrogen) atoms. The van der Waals surface area contributed by atoms with Crippen LogP contribution >= 0.6 is 15.9 Å². The van der Waals surface area contributed by atoms with E-state index in [-0.39, 0.29) is 10.7 Å². The monoisotopic (exact) mass is 461 g/mol. The van der Waals surface area contributed by atoms with Gasteiger partial charge in [-0.15, -0.1) is 0 Å². The van der Waals surface area contributed by atoms with Crippen LogP contribution in [-0.4, -0.2) is 60.7 Å². The molecule has 2 bridgehead atoms. The minimum absolute atomic E-state index is 0.241. The summed E-state index contributed by atoms with van der Waals surface area (Å²) in [5, 5.41) is 0. The van der Waals surface area contributed by atoms with E-state index in [2.05, 4.69) is 20.9 Å². The summed E-state index contributed by atoms with van der Waals surface area (Å²) in [5.41, 5.74) is 0.0283. The molecule has 8 nitrogen and oxygen atoms in total. The number of aryl methyl sites for hydroxylation is 1. The molecule has 2 aliphatic rings. The molecule has 0 N–H and O–H groups in total. The molecule has 1 saturated heterocycles. The SMILES string of the molecule is Cc1nc(Br)n(S(=O)(=O)N(C)C)c1C1CO/C=C/B2OC(C)(C)C(C)(C1)O2. The van der Waals surface area contributed by atoms with Gasteiger partial charge in [0.2, 0.25) is 0 Å². The molecule has 3 rings (SSSR count). The molecule has 2 aliphatic heterocycles. The molecular formula is C16H25BBrN3O5S. The van der Waals surface area contributed by atoms with Gasteiger partial charge in [0.05, 0.1) is 35.5 Å². The average Bonchev–Trinajstić information content (AvgIpc) is 2.97. The van der Waals surface area contributed by atoms with Crippen molar-refractivity contribution in [1.82, 2.24) is 13.3 Å². The fourth-order valence-corrected chi connectivity index (χ4v) is 5.63. The molecule has 3 heterocycles. The first-order valence-corrected chi connectivity index (χ1v) is 10.9. The number of nitrogens with zero attached hydrogens (tertiary/aromatic N) is 3. The first-order chi connectivity index (χ1) is 12.4. The van der Waals surface area contributed by atoms with Crippen LogP contribution in [0.3, 0.4) is 0 Å². The molecule has 2 atom stereocenters. The molecule has 1 fully saturated rings. The zero-order chi connectivity index (χ0) is 20.2. The molecule has 0 radical (unpaired) electrons. The van der Waals surface area contributed by atoms with Crippen molar-refractivity contribution in [2.45, 2.75) is 51.2 Å². The van der Waals surface area contributed by atoms with E-state index >= 15 is 0 Å². The first kappa shape index (κ1) is 20.8. The average molecular weight is 462 g/mol. The number of hydrogen-bond donors (Lipinski definition) is 0. The molecular weight excluding hydrogens is 437 g/mol. The van der Waals surface area contributed by atoms with Crippen LogP contribution in [0, 0.1) is 6.92 Å². The fraction of sp³-hybridized carbons (Fsp3) is 0.688. The molecule has 0 aromatic carbocycles. The lowest BCUT2D eigenvalue weighted by Crippen LogP contribution is -2.46. The summed E-state index contributed by atoms with van der Waals surface area (Å²) >= 11 is 3.30. The van der Waals surface area contributed by atoms with Gasteiger partial charge in [0.15, 0.2) is 4.73 Å². The van der Waals surface area contributed by atoms with Gasteiger partial charge >= 0.3 is 17.3 Å². The summed E-state index contributed by atoms with van der Waals surface area (Å²) in [6, 6.07) is 0. The van der Waals surface area contributed by atoms with E-state index in [4.69, 9.17) is 14.0 Å². The van der Waals surface area contributed by atoms with Gasteiger partial charge in [0.25, 0.3) is 0 Å². The Morgan fingerprint density at radius 3 is 2.63 bits per heavy atom. The van der Waals surface area contributed by atoms with Crippen LogP contribution < -0.4 is 0 Å². The second-order valence-corrected chi connectivity index (χ2v) is 10.5. The third-order valence-corrected chi connectivity index (χ3v) is 7.94. The van der Waals surface area contributed by atoms with Crippen molar-refractivity contribution in [3.63, 3.8) is 0 Å². The Labute approximate surface area is 169 Å². The highest BCUT2D eigenvalue weighted by molar-refractivity contribution is 9.10. The second kappa shape index (κ2) is 6.87. The van der Waals surface area contributed by atoms with Gasteiger partial charge in [0, 0.05) is 20.0 Å². The molecule has 0 aliphatic carbocycles. The summed E-state index contributed by atoms with van der Waals surface area (Å²) in [6.45, 7) is 8.06. The largest absolute Gasteiger partial charge is 0.501 e. The molecule has 150 valence electrons. The third-order valence-electron chi connectivity index (χ3n) is 5.42. The number of fused-ring (bicyclic) bond motifs is 2. The third kappa shape index (κ3) is 3.48. The van der Waals surface area contributed by atoms with E-state index in [0.717, 1.165) is 4.31 Å². The first-order valence-electron chi connectivity index (χ1n) is 8.71.